The fourth-order valence-corrected chi connectivity index (χ4v) is 3.24. The van der Waals surface area contributed by atoms with Gasteiger partial charge in [0.1, 0.15) is 6.61 Å². The lowest BCUT2D eigenvalue weighted by molar-refractivity contribution is 0.269. The van der Waals surface area contributed by atoms with Crippen LogP contribution in [0.2, 0.25) is 10.0 Å². The van der Waals surface area contributed by atoms with Gasteiger partial charge in [0, 0.05) is 32.2 Å². The Balaban J connectivity index is 2.23. The molecule has 0 amide bonds. The Morgan fingerprint density at radius 2 is 1.65 bits per heavy atom. The van der Waals surface area contributed by atoms with Crippen LogP contribution in [0.15, 0.2) is 34.8 Å². The minimum Gasteiger partial charge on any atom is -0.490 e. The van der Waals surface area contributed by atoms with Crippen LogP contribution in [0.1, 0.15) is 38.8 Å². The highest BCUT2D eigenvalue weighted by molar-refractivity contribution is 9.10. The second-order valence-electron chi connectivity index (χ2n) is 6.92. The third-order valence-corrected chi connectivity index (χ3v) is 5.10. The summed E-state index contributed by atoms with van der Waals surface area (Å²) >= 11 is 16.1. The molecule has 1 N–H and O–H groups in total. The Morgan fingerprint density at radius 3 is 2.23 bits per heavy atom. The standard InChI is InChI=1S/C20H24BrCl2NO2/c1-5-25-18-9-13(11-24-20(2,3)4)15(21)10-19(18)26-12-14-16(22)7-6-8-17(14)23/h6-10,24H,5,11-12H2,1-4H3. The van der Waals surface area contributed by atoms with Crippen molar-refractivity contribution < 1.29 is 9.47 Å². The van der Waals surface area contributed by atoms with E-state index in [1.807, 2.05) is 25.1 Å². The molecule has 3 nitrogen and oxygen atoms in total. The van der Waals surface area contributed by atoms with Gasteiger partial charge in [0.05, 0.1) is 6.61 Å². The van der Waals surface area contributed by atoms with Crippen LogP contribution in [0.5, 0.6) is 11.5 Å². The number of hydrogen-bond acceptors (Lipinski definition) is 3. The van der Waals surface area contributed by atoms with Crippen molar-refractivity contribution in [1.29, 1.82) is 0 Å². The number of nitrogens with one attached hydrogen (secondary N) is 1. The summed E-state index contributed by atoms with van der Waals surface area (Å²) in [7, 11) is 0. The van der Waals surface area contributed by atoms with Gasteiger partial charge < -0.3 is 14.8 Å². The molecule has 0 aliphatic rings. The van der Waals surface area contributed by atoms with Gasteiger partial charge >= 0.3 is 0 Å². The third kappa shape index (κ3) is 6.05. The summed E-state index contributed by atoms with van der Waals surface area (Å²) in [5.41, 5.74) is 1.89. The van der Waals surface area contributed by atoms with Crippen molar-refractivity contribution in [3.63, 3.8) is 0 Å². The van der Waals surface area contributed by atoms with Crippen LogP contribution in [-0.2, 0) is 13.2 Å². The van der Waals surface area contributed by atoms with Crippen molar-refractivity contribution >= 4 is 39.1 Å². The predicted molar refractivity (Wildman–Crippen MR) is 113 cm³/mol. The first kappa shape index (κ1) is 21.4. The van der Waals surface area contributed by atoms with Crippen LogP contribution in [-0.4, -0.2) is 12.1 Å². The molecule has 0 unspecified atom stereocenters. The van der Waals surface area contributed by atoms with E-state index >= 15 is 0 Å². The zero-order valence-electron chi connectivity index (χ0n) is 15.5. The smallest absolute Gasteiger partial charge is 0.162 e. The number of ether oxygens (including phenoxy) is 2. The summed E-state index contributed by atoms with van der Waals surface area (Å²) in [6.45, 7) is 9.89. The van der Waals surface area contributed by atoms with Gasteiger partial charge in [-0.15, -0.1) is 0 Å². The lowest BCUT2D eigenvalue weighted by Crippen LogP contribution is -2.35. The van der Waals surface area contributed by atoms with Crippen molar-refractivity contribution in [2.24, 2.45) is 0 Å². The van der Waals surface area contributed by atoms with Gasteiger partial charge in [-0.3, -0.25) is 0 Å². The molecule has 26 heavy (non-hydrogen) atoms. The SMILES string of the molecule is CCOc1cc(CNC(C)(C)C)c(Br)cc1OCc1c(Cl)cccc1Cl. The fourth-order valence-electron chi connectivity index (χ4n) is 2.27. The zero-order valence-corrected chi connectivity index (χ0v) is 18.6. The lowest BCUT2D eigenvalue weighted by Gasteiger charge is -2.22. The normalized spacial score (nSPS) is 11.5. The van der Waals surface area contributed by atoms with Gasteiger partial charge in [-0.1, -0.05) is 45.2 Å². The largest absolute Gasteiger partial charge is 0.490 e. The first-order valence-corrected chi connectivity index (χ1v) is 10.0. The van der Waals surface area contributed by atoms with Crippen LogP contribution in [0.25, 0.3) is 0 Å². The Bertz CT molecular complexity index is 740. The maximum Gasteiger partial charge on any atom is 0.162 e. The van der Waals surface area contributed by atoms with E-state index in [2.05, 4.69) is 42.0 Å². The molecule has 0 atom stereocenters. The molecule has 142 valence electrons. The molecule has 2 aromatic carbocycles. The summed E-state index contributed by atoms with van der Waals surface area (Å²) < 4.78 is 12.7. The van der Waals surface area contributed by atoms with Crippen molar-refractivity contribution in [3.8, 4) is 11.5 Å². The summed E-state index contributed by atoms with van der Waals surface area (Å²) in [5.74, 6) is 1.35. The molecular weight excluding hydrogens is 437 g/mol. The Kier molecular flexibility index (Phi) is 7.65. The van der Waals surface area contributed by atoms with Gasteiger partial charge in [-0.25, -0.2) is 0 Å². The van der Waals surface area contributed by atoms with E-state index in [1.54, 1.807) is 12.1 Å². The van der Waals surface area contributed by atoms with E-state index < -0.39 is 0 Å². The van der Waals surface area contributed by atoms with Gasteiger partial charge in [0.15, 0.2) is 11.5 Å². The molecule has 0 radical (unpaired) electrons. The summed E-state index contributed by atoms with van der Waals surface area (Å²) in [6.07, 6.45) is 0. The van der Waals surface area contributed by atoms with Crippen LogP contribution in [0.4, 0.5) is 0 Å². The van der Waals surface area contributed by atoms with E-state index in [0.29, 0.717) is 28.2 Å². The Hall–Kier alpha value is -0.940. The van der Waals surface area contributed by atoms with E-state index in [4.69, 9.17) is 32.7 Å². The molecule has 2 aromatic rings. The average Bonchev–Trinajstić information content (AvgIpc) is 2.54. The molecule has 0 fully saturated rings. The quantitative estimate of drug-likeness (QED) is 0.503. The molecular formula is C20H24BrCl2NO2. The molecule has 0 aromatic heterocycles. The number of hydrogen-bond donors (Lipinski definition) is 1. The maximum absolute atomic E-state index is 6.22. The molecule has 2 rings (SSSR count). The molecule has 0 aliphatic carbocycles. The van der Waals surface area contributed by atoms with E-state index in [1.165, 1.54) is 0 Å². The topological polar surface area (TPSA) is 30.5 Å². The van der Waals surface area contributed by atoms with Crippen LogP contribution < -0.4 is 14.8 Å². The minimum atomic E-state index is 0.0290. The molecule has 0 spiro atoms. The van der Waals surface area contributed by atoms with Crippen molar-refractivity contribution in [2.75, 3.05) is 6.61 Å². The van der Waals surface area contributed by atoms with E-state index in [0.717, 1.165) is 22.1 Å². The van der Waals surface area contributed by atoms with Gasteiger partial charge in [-0.05, 0) is 57.5 Å². The number of halogens is 3. The molecule has 0 aliphatic heterocycles. The zero-order chi connectivity index (χ0) is 19.3. The van der Waals surface area contributed by atoms with Gasteiger partial charge in [-0.2, -0.15) is 0 Å². The third-order valence-electron chi connectivity index (χ3n) is 3.66. The van der Waals surface area contributed by atoms with Gasteiger partial charge in [0.25, 0.3) is 0 Å². The second kappa shape index (κ2) is 9.32. The monoisotopic (exact) mass is 459 g/mol. The maximum atomic E-state index is 6.22. The van der Waals surface area contributed by atoms with Crippen molar-refractivity contribution in [2.45, 2.75) is 46.4 Å². The summed E-state index contributed by atoms with van der Waals surface area (Å²) in [4.78, 5) is 0. The second-order valence-corrected chi connectivity index (χ2v) is 8.58. The van der Waals surface area contributed by atoms with Crippen LogP contribution in [0, 0.1) is 0 Å². The first-order chi connectivity index (χ1) is 12.2. The lowest BCUT2D eigenvalue weighted by atomic mass is 10.1. The average molecular weight is 461 g/mol. The summed E-state index contributed by atoms with van der Waals surface area (Å²) in [6, 6.07) is 9.33. The predicted octanol–water partition coefficient (Wildman–Crippen LogP) is 6.62. The highest BCUT2D eigenvalue weighted by Gasteiger charge is 2.15. The van der Waals surface area contributed by atoms with Crippen molar-refractivity contribution in [3.05, 3.63) is 56.0 Å². The molecule has 0 saturated carbocycles. The molecule has 6 heteroatoms. The minimum absolute atomic E-state index is 0.0290. The van der Waals surface area contributed by atoms with E-state index in [-0.39, 0.29) is 12.1 Å². The van der Waals surface area contributed by atoms with Gasteiger partial charge in [0.2, 0.25) is 0 Å². The van der Waals surface area contributed by atoms with Crippen molar-refractivity contribution in [1.82, 2.24) is 5.32 Å². The molecule has 0 bridgehead atoms. The van der Waals surface area contributed by atoms with Crippen LogP contribution >= 0.6 is 39.1 Å². The number of benzene rings is 2. The first-order valence-electron chi connectivity index (χ1n) is 8.47. The summed E-state index contributed by atoms with van der Waals surface area (Å²) in [5, 5.41) is 4.65. The number of rotatable bonds is 7. The van der Waals surface area contributed by atoms with Crippen LogP contribution in [0.3, 0.4) is 0 Å². The fraction of sp³-hybridized carbons (Fsp3) is 0.400. The Morgan fingerprint density at radius 1 is 1.04 bits per heavy atom. The Labute approximate surface area is 174 Å². The van der Waals surface area contributed by atoms with E-state index in [9.17, 15) is 0 Å². The molecule has 0 saturated heterocycles. The highest BCUT2D eigenvalue weighted by Crippen LogP contribution is 2.35. The highest BCUT2D eigenvalue weighted by atomic mass is 79.9. The molecule has 0 heterocycles.